The monoisotopic (exact) mass is 313 g/mol. The minimum absolute atomic E-state index is 0.118. The molecule has 14 heavy (non-hydrogen) atoms. The molecule has 3 nitrogen and oxygen atoms in total. The Balaban J connectivity index is 3.14. The first-order chi connectivity index (χ1) is 6.52. The molecule has 1 N–H and O–H groups in total. The fraction of sp³-hybridized carbons (Fsp3) is 0.250. The average molecular weight is 313 g/mol. The Bertz CT molecular complexity index is 357. The Kier molecular flexibility index (Phi) is 3.73. The highest BCUT2D eigenvalue weighted by Crippen LogP contribution is 2.26. The molecule has 0 saturated heterocycles. The summed E-state index contributed by atoms with van der Waals surface area (Å²) in [7, 11) is 0. The Morgan fingerprint density at radius 2 is 2.29 bits per heavy atom. The van der Waals surface area contributed by atoms with Crippen molar-refractivity contribution in [3.8, 4) is 0 Å². The number of carboxylic acids is 1. The number of aliphatic carboxylic acids is 1. The lowest BCUT2D eigenvalue weighted by Crippen LogP contribution is -2.06. The quantitative estimate of drug-likeness (QED) is 0.688. The second-order valence-electron chi connectivity index (χ2n) is 2.55. The maximum atomic E-state index is 12.5. The summed E-state index contributed by atoms with van der Waals surface area (Å²) in [6.45, 7) is 0. The summed E-state index contributed by atoms with van der Waals surface area (Å²) in [4.78, 5) is 14.1. The lowest BCUT2D eigenvalue weighted by atomic mass is 10.1. The van der Waals surface area contributed by atoms with Gasteiger partial charge in [0, 0.05) is 6.20 Å². The number of halogens is 3. The highest BCUT2D eigenvalue weighted by molar-refractivity contribution is 14.1. The van der Waals surface area contributed by atoms with Crippen LogP contribution in [0.2, 0.25) is 0 Å². The summed E-state index contributed by atoms with van der Waals surface area (Å²) in [6, 6.07) is 1.30. The lowest BCUT2D eigenvalue weighted by molar-refractivity contribution is -0.136. The first-order valence-electron chi connectivity index (χ1n) is 3.65. The van der Waals surface area contributed by atoms with Crippen LogP contribution in [0, 0.1) is 3.70 Å². The number of carbonyl (C=O) groups is 1. The Hall–Kier alpha value is -0.790. The maximum absolute atomic E-state index is 12.5. The van der Waals surface area contributed by atoms with Gasteiger partial charge >= 0.3 is 5.97 Å². The van der Waals surface area contributed by atoms with Gasteiger partial charge in [-0.15, -0.1) is 0 Å². The van der Waals surface area contributed by atoms with Crippen molar-refractivity contribution < 1.29 is 18.7 Å². The van der Waals surface area contributed by atoms with E-state index in [1.165, 1.54) is 12.3 Å². The van der Waals surface area contributed by atoms with E-state index in [-0.39, 0.29) is 14.8 Å². The molecule has 76 valence electrons. The number of alkyl halides is 2. The van der Waals surface area contributed by atoms with Gasteiger partial charge in [0.05, 0.1) is 12.0 Å². The fourth-order valence-electron chi connectivity index (χ4n) is 1.03. The van der Waals surface area contributed by atoms with Crippen LogP contribution in [0.1, 0.15) is 17.6 Å². The van der Waals surface area contributed by atoms with E-state index in [2.05, 4.69) is 4.98 Å². The SMILES string of the molecule is O=C(O)Cc1ccnc(I)c1C(F)F. The largest absolute Gasteiger partial charge is 0.481 e. The summed E-state index contributed by atoms with van der Waals surface area (Å²) >= 11 is 1.66. The molecule has 0 bridgehead atoms. The van der Waals surface area contributed by atoms with E-state index >= 15 is 0 Å². The van der Waals surface area contributed by atoms with Crippen molar-refractivity contribution in [1.29, 1.82) is 0 Å². The van der Waals surface area contributed by atoms with Gasteiger partial charge < -0.3 is 5.11 Å². The number of carboxylic acid groups (broad SMARTS) is 1. The first kappa shape index (κ1) is 11.3. The minimum atomic E-state index is -2.69. The summed E-state index contributed by atoms with van der Waals surface area (Å²) < 4.78 is 25.2. The van der Waals surface area contributed by atoms with Crippen LogP contribution in [0.4, 0.5) is 8.78 Å². The molecule has 0 amide bonds. The van der Waals surface area contributed by atoms with Gasteiger partial charge in [0.1, 0.15) is 3.70 Å². The van der Waals surface area contributed by atoms with Crippen LogP contribution >= 0.6 is 22.6 Å². The number of hydrogen-bond acceptors (Lipinski definition) is 2. The standard InChI is InChI=1S/C8H6F2INO2/c9-7(10)6-4(3-5(13)14)1-2-12-8(6)11/h1-2,7H,3H2,(H,13,14). The summed E-state index contributed by atoms with van der Waals surface area (Å²) in [6.07, 6.45) is -1.77. The topological polar surface area (TPSA) is 50.2 Å². The lowest BCUT2D eigenvalue weighted by Gasteiger charge is -2.07. The number of hydrogen-bond donors (Lipinski definition) is 1. The van der Waals surface area contributed by atoms with Crippen LogP contribution in [0.25, 0.3) is 0 Å². The molecule has 0 aliphatic carbocycles. The molecular weight excluding hydrogens is 307 g/mol. The van der Waals surface area contributed by atoms with E-state index in [0.717, 1.165) is 0 Å². The van der Waals surface area contributed by atoms with Gasteiger partial charge in [-0.3, -0.25) is 4.79 Å². The zero-order chi connectivity index (χ0) is 10.7. The summed E-state index contributed by atoms with van der Waals surface area (Å²) in [5, 5.41) is 8.50. The van der Waals surface area contributed by atoms with Crippen molar-refractivity contribution in [2.24, 2.45) is 0 Å². The normalized spacial score (nSPS) is 10.6. The molecule has 0 atom stereocenters. The van der Waals surface area contributed by atoms with Crippen LogP contribution in [-0.2, 0) is 11.2 Å². The molecule has 0 aliphatic heterocycles. The zero-order valence-electron chi connectivity index (χ0n) is 6.88. The Morgan fingerprint density at radius 1 is 1.64 bits per heavy atom. The fourth-order valence-corrected chi connectivity index (χ4v) is 1.77. The van der Waals surface area contributed by atoms with Gasteiger partial charge in [-0.1, -0.05) is 0 Å². The molecule has 1 rings (SSSR count). The van der Waals surface area contributed by atoms with Crippen LogP contribution in [-0.4, -0.2) is 16.1 Å². The molecule has 1 aromatic heterocycles. The van der Waals surface area contributed by atoms with Gasteiger partial charge in [-0.2, -0.15) is 0 Å². The molecule has 0 aliphatic rings. The van der Waals surface area contributed by atoms with E-state index in [0.29, 0.717) is 0 Å². The van der Waals surface area contributed by atoms with Crippen molar-refractivity contribution in [3.05, 3.63) is 27.1 Å². The molecule has 0 unspecified atom stereocenters. The molecular formula is C8H6F2INO2. The van der Waals surface area contributed by atoms with Crippen molar-refractivity contribution in [1.82, 2.24) is 4.98 Å². The van der Waals surface area contributed by atoms with E-state index in [1.54, 1.807) is 22.6 Å². The smallest absolute Gasteiger partial charge is 0.307 e. The molecule has 0 aromatic carbocycles. The van der Waals surface area contributed by atoms with Gasteiger partial charge in [-0.25, -0.2) is 13.8 Å². The molecule has 6 heteroatoms. The Labute approximate surface area is 92.3 Å². The second-order valence-corrected chi connectivity index (χ2v) is 3.57. The van der Waals surface area contributed by atoms with Crippen molar-refractivity contribution in [2.45, 2.75) is 12.8 Å². The molecule has 0 spiro atoms. The third-order valence-corrected chi connectivity index (χ3v) is 2.45. The third-order valence-electron chi connectivity index (χ3n) is 1.59. The van der Waals surface area contributed by atoms with Crippen LogP contribution < -0.4 is 0 Å². The molecule has 1 aromatic rings. The maximum Gasteiger partial charge on any atom is 0.307 e. The van der Waals surface area contributed by atoms with Crippen molar-refractivity contribution in [3.63, 3.8) is 0 Å². The third kappa shape index (κ3) is 2.60. The van der Waals surface area contributed by atoms with Crippen LogP contribution in [0.15, 0.2) is 12.3 Å². The van der Waals surface area contributed by atoms with Gasteiger partial charge in [0.15, 0.2) is 0 Å². The molecule has 0 saturated carbocycles. The average Bonchev–Trinajstić information content (AvgIpc) is 2.01. The van der Waals surface area contributed by atoms with Crippen molar-refractivity contribution in [2.75, 3.05) is 0 Å². The number of pyridine rings is 1. The zero-order valence-corrected chi connectivity index (χ0v) is 9.03. The number of rotatable bonds is 3. The van der Waals surface area contributed by atoms with E-state index in [1.807, 2.05) is 0 Å². The number of aromatic nitrogens is 1. The molecule has 0 radical (unpaired) electrons. The van der Waals surface area contributed by atoms with Crippen LogP contribution in [0.5, 0.6) is 0 Å². The van der Waals surface area contributed by atoms with Crippen LogP contribution in [0.3, 0.4) is 0 Å². The Morgan fingerprint density at radius 3 is 2.79 bits per heavy atom. The van der Waals surface area contributed by atoms with Crippen molar-refractivity contribution >= 4 is 28.6 Å². The number of nitrogens with zero attached hydrogens (tertiary/aromatic N) is 1. The van der Waals surface area contributed by atoms with E-state index in [4.69, 9.17) is 5.11 Å². The van der Waals surface area contributed by atoms with Gasteiger partial charge in [0.2, 0.25) is 0 Å². The molecule has 1 heterocycles. The highest BCUT2D eigenvalue weighted by Gasteiger charge is 2.18. The highest BCUT2D eigenvalue weighted by atomic mass is 127. The van der Waals surface area contributed by atoms with Gasteiger partial charge in [-0.05, 0) is 34.2 Å². The predicted octanol–water partition coefficient (Wildman–Crippen LogP) is 2.25. The summed E-state index contributed by atoms with van der Waals surface area (Å²) in [5.74, 6) is -1.13. The molecule has 0 fully saturated rings. The minimum Gasteiger partial charge on any atom is -0.481 e. The second kappa shape index (κ2) is 4.63. The van der Waals surface area contributed by atoms with E-state index < -0.39 is 18.8 Å². The predicted molar refractivity (Wildman–Crippen MR) is 53.3 cm³/mol. The van der Waals surface area contributed by atoms with E-state index in [9.17, 15) is 13.6 Å². The summed E-state index contributed by atoms with van der Waals surface area (Å²) in [5.41, 5.74) is -0.164. The van der Waals surface area contributed by atoms with Gasteiger partial charge in [0.25, 0.3) is 6.43 Å². The first-order valence-corrected chi connectivity index (χ1v) is 4.73.